The minimum absolute atomic E-state index is 0.0396. The third kappa shape index (κ3) is 3.50. The molecule has 4 nitrogen and oxygen atoms in total. The summed E-state index contributed by atoms with van der Waals surface area (Å²) in [6.45, 7) is 15.1. The fourth-order valence-corrected chi connectivity index (χ4v) is 8.57. The topological polar surface area (TPSA) is 55.9 Å². The molecular weight excluding hydrogens is 424 g/mol. The van der Waals surface area contributed by atoms with Crippen molar-refractivity contribution >= 4 is 11.8 Å². The summed E-state index contributed by atoms with van der Waals surface area (Å²) in [7, 11) is 0. The lowest BCUT2D eigenvalue weighted by Crippen LogP contribution is -2.49. The molecule has 34 heavy (non-hydrogen) atoms. The lowest BCUT2D eigenvalue weighted by molar-refractivity contribution is -0.153. The maximum atomic E-state index is 12.1. The number of esters is 1. The zero-order valence-corrected chi connectivity index (χ0v) is 22.0. The molecule has 4 aliphatic carbocycles. The molecule has 0 radical (unpaired) electrons. The Hall–Kier alpha value is -1.68. The molecule has 0 spiro atoms. The van der Waals surface area contributed by atoms with Crippen molar-refractivity contribution < 1.29 is 19.1 Å². The molecule has 0 N–H and O–H groups in total. The van der Waals surface area contributed by atoms with Gasteiger partial charge in [0.1, 0.15) is 6.10 Å². The Morgan fingerprint density at radius 3 is 2.47 bits per heavy atom. The smallest absolute Gasteiger partial charge is 0.302 e. The van der Waals surface area contributed by atoms with E-state index in [1.54, 1.807) is 6.08 Å². The maximum absolute atomic E-state index is 12.1. The predicted octanol–water partition coefficient (Wildman–Crippen LogP) is 6.21. The van der Waals surface area contributed by atoms with Crippen LogP contribution in [-0.4, -0.2) is 29.1 Å². The summed E-state index contributed by atoms with van der Waals surface area (Å²) in [5.74, 6) is 2.44. The summed E-state index contributed by atoms with van der Waals surface area (Å²) in [6, 6.07) is 0. The Morgan fingerprint density at radius 1 is 1.12 bits per heavy atom. The van der Waals surface area contributed by atoms with Gasteiger partial charge in [0.2, 0.25) is 0 Å². The molecule has 186 valence electrons. The largest absolute Gasteiger partial charge is 0.462 e. The molecular formula is C30H42O4. The molecule has 0 aromatic carbocycles. The number of fused-ring (bicyclic) bond motifs is 5. The predicted molar refractivity (Wildman–Crippen MR) is 133 cm³/mol. The Labute approximate surface area is 205 Å². The van der Waals surface area contributed by atoms with Crippen LogP contribution in [0, 0.1) is 40.4 Å². The van der Waals surface area contributed by atoms with Crippen LogP contribution in [0.3, 0.4) is 0 Å². The fourth-order valence-electron chi connectivity index (χ4n) is 8.57. The number of hydrogen-bond acceptors (Lipinski definition) is 4. The maximum Gasteiger partial charge on any atom is 0.302 e. The lowest BCUT2D eigenvalue weighted by Gasteiger charge is -2.55. The molecule has 0 aromatic heterocycles. The third-order valence-corrected chi connectivity index (χ3v) is 11.0. The molecule has 0 aromatic rings. The van der Waals surface area contributed by atoms with Gasteiger partial charge in [0, 0.05) is 18.8 Å². The summed E-state index contributed by atoms with van der Waals surface area (Å²) in [5.41, 5.74) is 0.987. The first kappa shape index (κ1) is 24.0. The van der Waals surface area contributed by atoms with Gasteiger partial charge in [0.25, 0.3) is 0 Å². The molecule has 1 saturated heterocycles. The molecule has 2 saturated carbocycles. The van der Waals surface area contributed by atoms with Crippen LogP contribution in [0.15, 0.2) is 36.0 Å². The quantitative estimate of drug-likeness (QED) is 0.357. The first-order chi connectivity index (χ1) is 15.8. The van der Waals surface area contributed by atoms with Crippen LogP contribution in [0.25, 0.3) is 0 Å². The van der Waals surface area contributed by atoms with Crippen LogP contribution < -0.4 is 0 Å². The van der Waals surface area contributed by atoms with Crippen molar-refractivity contribution in [2.24, 2.45) is 40.4 Å². The second-order valence-electron chi connectivity index (χ2n) is 13.1. The highest BCUT2D eigenvalue weighted by atomic mass is 16.6. The van der Waals surface area contributed by atoms with Crippen LogP contribution in [0.1, 0.15) is 80.6 Å². The van der Waals surface area contributed by atoms with Gasteiger partial charge in [-0.05, 0) is 99.2 Å². The number of carbonyl (C=O) groups is 2. The molecule has 1 aliphatic heterocycles. The van der Waals surface area contributed by atoms with Crippen molar-refractivity contribution in [2.45, 2.75) is 97.9 Å². The van der Waals surface area contributed by atoms with Gasteiger partial charge in [0.05, 0.1) is 11.2 Å². The van der Waals surface area contributed by atoms with E-state index in [0.717, 1.165) is 6.42 Å². The standard InChI is InChI=1S/C30H42O4/c1-18(26(33-19(2)31)17-30(7)27(3,4)34-30)23-10-11-24-22-9-8-20-16-21(32)12-14-28(20,5)25(22)13-15-29(23,24)6/h8-9,12,14,16,18,22-26H,10-11,13,15,17H2,1-7H3/t18-,22-,23+,24-,25-,26+,28-,29+,30-/m0/s1. The zero-order valence-electron chi connectivity index (χ0n) is 22.0. The van der Waals surface area contributed by atoms with Gasteiger partial charge in [-0.25, -0.2) is 0 Å². The number of carbonyl (C=O) groups excluding carboxylic acids is 2. The van der Waals surface area contributed by atoms with E-state index >= 15 is 0 Å². The van der Waals surface area contributed by atoms with Gasteiger partial charge < -0.3 is 9.47 Å². The van der Waals surface area contributed by atoms with Crippen molar-refractivity contribution in [1.82, 2.24) is 0 Å². The first-order valence-electron chi connectivity index (χ1n) is 13.3. The van der Waals surface area contributed by atoms with E-state index in [1.807, 2.05) is 6.08 Å². The van der Waals surface area contributed by atoms with Crippen LogP contribution in [0.5, 0.6) is 0 Å². The van der Waals surface area contributed by atoms with Crippen LogP contribution >= 0.6 is 0 Å². The number of ether oxygens (including phenoxy) is 2. The number of allylic oxidation sites excluding steroid dienone is 6. The summed E-state index contributed by atoms with van der Waals surface area (Å²) in [4.78, 5) is 24.1. The molecule has 3 fully saturated rings. The molecule has 1 heterocycles. The average molecular weight is 467 g/mol. The number of hydrogen-bond donors (Lipinski definition) is 0. The van der Waals surface area contributed by atoms with E-state index in [9.17, 15) is 9.59 Å². The normalized spacial score (nSPS) is 45.5. The Balaban J connectivity index is 1.40. The SMILES string of the molecule is CC(=O)O[C@H](C[C@]1(C)OC1(C)C)[C@@H](C)[C@H]1CC[C@H]2[C@@H]3C=CC4=CC(=O)C=C[C@]4(C)[C@H]3CC[C@]12C. The van der Waals surface area contributed by atoms with Gasteiger partial charge >= 0.3 is 5.97 Å². The average Bonchev–Trinajstić information content (AvgIpc) is 3.06. The summed E-state index contributed by atoms with van der Waals surface area (Å²) >= 11 is 0. The van der Waals surface area contributed by atoms with E-state index < -0.39 is 0 Å². The van der Waals surface area contributed by atoms with E-state index in [2.05, 4.69) is 59.8 Å². The van der Waals surface area contributed by atoms with Crippen molar-refractivity contribution in [1.29, 1.82) is 0 Å². The Bertz CT molecular complexity index is 988. The summed E-state index contributed by atoms with van der Waals surface area (Å²) < 4.78 is 12.0. The molecule has 5 rings (SSSR count). The van der Waals surface area contributed by atoms with Crippen molar-refractivity contribution in [3.63, 3.8) is 0 Å². The highest BCUT2D eigenvalue weighted by Gasteiger charge is 2.63. The van der Waals surface area contributed by atoms with E-state index in [-0.39, 0.29) is 45.8 Å². The van der Waals surface area contributed by atoms with Crippen LogP contribution in [-0.2, 0) is 19.1 Å². The lowest BCUT2D eigenvalue weighted by atomic mass is 9.49. The Kier molecular flexibility index (Phi) is 5.41. The van der Waals surface area contributed by atoms with Gasteiger partial charge in [-0.1, -0.05) is 39.0 Å². The highest BCUT2D eigenvalue weighted by Crippen LogP contribution is 2.66. The molecule has 9 atom stereocenters. The van der Waals surface area contributed by atoms with Gasteiger partial charge in [-0.2, -0.15) is 0 Å². The molecule has 5 aliphatic rings. The molecule has 4 heteroatoms. The fraction of sp³-hybridized carbons (Fsp3) is 0.733. The highest BCUT2D eigenvalue weighted by molar-refractivity contribution is 6.01. The van der Waals surface area contributed by atoms with Crippen molar-refractivity contribution in [2.75, 3.05) is 0 Å². The van der Waals surface area contributed by atoms with Crippen molar-refractivity contribution in [3.05, 3.63) is 36.0 Å². The van der Waals surface area contributed by atoms with Gasteiger partial charge in [0.15, 0.2) is 5.78 Å². The van der Waals surface area contributed by atoms with Crippen LogP contribution in [0.4, 0.5) is 0 Å². The van der Waals surface area contributed by atoms with Gasteiger partial charge in [-0.3, -0.25) is 9.59 Å². The first-order valence-corrected chi connectivity index (χ1v) is 13.3. The number of ketones is 1. The zero-order chi connectivity index (χ0) is 24.7. The van der Waals surface area contributed by atoms with Gasteiger partial charge in [-0.15, -0.1) is 0 Å². The molecule has 0 unspecified atom stereocenters. The van der Waals surface area contributed by atoms with E-state index in [0.29, 0.717) is 23.7 Å². The minimum Gasteiger partial charge on any atom is -0.462 e. The van der Waals surface area contributed by atoms with Crippen molar-refractivity contribution in [3.8, 4) is 0 Å². The summed E-state index contributed by atoms with van der Waals surface area (Å²) in [6.07, 6.45) is 15.9. The van der Waals surface area contributed by atoms with Crippen LogP contribution in [0.2, 0.25) is 0 Å². The number of epoxide rings is 1. The second kappa shape index (κ2) is 7.66. The van der Waals surface area contributed by atoms with E-state index in [1.165, 1.54) is 38.2 Å². The number of rotatable bonds is 5. The monoisotopic (exact) mass is 466 g/mol. The van der Waals surface area contributed by atoms with E-state index in [4.69, 9.17) is 9.47 Å². The minimum atomic E-state index is -0.230. The summed E-state index contributed by atoms with van der Waals surface area (Å²) in [5, 5.41) is 0. The third-order valence-electron chi connectivity index (χ3n) is 11.0. The second-order valence-corrected chi connectivity index (χ2v) is 13.1. The molecule has 0 bridgehead atoms. The Morgan fingerprint density at radius 2 is 1.82 bits per heavy atom. The molecule has 0 amide bonds.